The van der Waals surface area contributed by atoms with Crippen LogP contribution in [0.1, 0.15) is 5.69 Å². The first-order valence-corrected chi connectivity index (χ1v) is 4.81. The lowest BCUT2D eigenvalue weighted by molar-refractivity contribution is 0.301. The van der Waals surface area contributed by atoms with Crippen molar-refractivity contribution < 1.29 is 9.13 Å². The minimum atomic E-state index is -0.283. The van der Waals surface area contributed by atoms with Gasteiger partial charge in [-0.2, -0.15) is 0 Å². The summed E-state index contributed by atoms with van der Waals surface area (Å²) in [6, 6.07) is 5.84. The standard InChI is InChI=1S/C11H12FN3O/c1-15-6-9(14-11(15)13)7-16-10-4-2-8(12)3-5-10/h2-6H,7H2,1H3,(H2,13,14). The van der Waals surface area contributed by atoms with E-state index in [0.717, 1.165) is 5.69 Å². The van der Waals surface area contributed by atoms with E-state index in [1.54, 1.807) is 22.9 Å². The summed E-state index contributed by atoms with van der Waals surface area (Å²) in [6.07, 6.45) is 1.79. The van der Waals surface area contributed by atoms with E-state index in [9.17, 15) is 4.39 Å². The number of anilines is 1. The van der Waals surface area contributed by atoms with E-state index >= 15 is 0 Å². The van der Waals surface area contributed by atoms with Gasteiger partial charge in [0.1, 0.15) is 18.2 Å². The molecule has 4 nitrogen and oxygen atoms in total. The molecule has 2 aromatic rings. The number of imidazole rings is 1. The van der Waals surface area contributed by atoms with E-state index in [1.807, 2.05) is 7.05 Å². The van der Waals surface area contributed by atoms with E-state index in [0.29, 0.717) is 18.3 Å². The smallest absolute Gasteiger partial charge is 0.200 e. The highest BCUT2D eigenvalue weighted by Crippen LogP contribution is 2.13. The molecule has 1 aromatic heterocycles. The molecular weight excluding hydrogens is 209 g/mol. The second-order valence-electron chi connectivity index (χ2n) is 3.44. The van der Waals surface area contributed by atoms with Crippen LogP contribution in [-0.2, 0) is 13.7 Å². The molecule has 0 aliphatic carbocycles. The van der Waals surface area contributed by atoms with Crippen molar-refractivity contribution in [2.75, 3.05) is 5.73 Å². The van der Waals surface area contributed by atoms with Crippen LogP contribution < -0.4 is 10.5 Å². The molecule has 0 saturated carbocycles. The zero-order valence-electron chi connectivity index (χ0n) is 8.85. The van der Waals surface area contributed by atoms with Gasteiger partial charge < -0.3 is 15.0 Å². The monoisotopic (exact) mass is 221 g/mol. The maximum absolute atomic E-state index is 12.6. The van der Waals surface area contributed by atoms with Crippen LogP contribution in [0.2, 0.25) is 0 Å². The van der Waals surface area contributed by atoms with Crippen molar-refractivity contribution in [2.45, 2.75) is 6.61 Å². The summed E-state index contributed by atoms with van der Waals surface area (Å²) in [6.45, 7) is 0.316. The molecule has 0 saturated heterocycles. The van der Waals surface area contributed by atoms with Gasteiger partial charge in [0, 0.05) is 13.2 Å². The van der Waals surface area contributed by atoms with Gasteiger partial charge in [-0.15, -0.1) is 0 Å². The van der Waals surface area contributed by atoms with Gasteiger partial charge in [-0.25, -0.2) is 9.37 Å². The van der Waals surface area contributed by atoms with Gasteiger partial charge in [0.05, 0.1) is 5.69 Å². The number of benzene rings is 1. The molecule has 5 heteroatoms. The second-order valence-corrected chi connectivity index (χ2v) is 3.44. The summed E-state index contributed by atoms with van der Waals surface area (Å²) >= 11 is 0. The zero-order chi connectivity index (χ0) is 11.5. The lowest BCUT2D eigenvalue weighted by Crippen LogP contribution is -1.96. The molecule has 0 radical (unpaired) electrons. The first kappa shape index (κ1) is 10.5. The van der Waals surface area contributed by atoms with Crippen molar-refractivity contribution in [3.8, 4) is 5.75 Å². The number of halogens is 1. The molecule has 0 spiro atoms. The third kappa shape index (κ3) is 2.31. The Morgan fingerprint density at radius 2 is 2.06 bits per heavy atom. The van der Waals surface area contributed by atoms with Gasteiger partial charge in [-0.3, -0.25) is 0 Å². The molecule has 0 amide bonds. The van der Waals surface area contributed by atoms with Crippen molar-refractivity contribution in [3.63, 3.8) is 0 Å². The van der Waals surface area contributed by atoms with Gasteiger partial charge in [0.2, 0.25) is 0 Å². The Morgan fingerprint density at radius 1 is 1.38 bits per heavy atom. The Bertz CT molecular complexity index is 459. The molecule has 0 bridgehead atoms. The number of ether oxygens (including phenoxy) is 1. The van der Waals surface area contributed by atoms with Gasteiger partial charge >= 0.3 is 0 Å². The van der Waals surface area contributed by atoms with Crippen LogP contribution in [0.4, 0.5) is 10.3 Å². The predicted molar refractivity (Wildman–Crippen MR) is 58.4 cm³/mol. The van der Waals surface area contributed by atoms with Crippen LogP contribution in [0.15, 0.2) is 30.5 Å². The van der Waals surface area contributed by atoms with Crippen molar-refractivity contribution in [1.82, 2.24) is 9.55 Å². The maximum atomic E-state index is 12.6. The van der Waals surface area contributed by atoms with Crippen molar-refractivity contribution in [3.05, 3.63) is 42.0 Å². The van der Waals surface area contributed by atoms with E-state index in [-0.39, 0.29) is 5.82 Å². The number of hydrogen-bond acceptors (Lipinski definition) is 3. The zero-order valence-corrected chi connectivity index (χ0v) is 8.85. The highest BCUT2D eigenvalue weighted by molar-refractivity contribution is 5.24. The number of nitrogens with zero attached hydrogens (tertiary/aromatic N) is 2. The Hall–Kier alpha value is -2.04. The van der Waals surface area contributed by atoms with Crippen LogP contribution in [0.3, 0.4) is 0 Å². The number of rotatable bonds is 3. The molecule has 0 atom stereocenters. The molecule has 0 aliphatic heterocycles. The topological polar surface area (TPSA) is 53.1 Å². The average molecular weight is 221 g/mol. The minimum Gasteiger partial charge on any atom is -0.487 e. The molecule has 2 N–H and O–H groups in total. The summed E-state index contributed by atoms with van der Waals surface area (Å²) < 4.78 is 19.7. The number of aryl methyl sites for hydroxylation is 1. The van der Waals surface area contributed by atoms with E-state index in [4.69, 9.17) is 10.5 Å². The molecule has 16 heavy (non-hydrogen) atoms. The quantitative estimate of drug-likeness (QED) is 0.858. The third-order valence-electron chi connectivity index (χ3n) is 2.16. The number of hydrogen-bond donors (Lipinski definition) is 1. The molecule has 0 fully saturated rings. The fraction of sp³-hybridized carbons (Fsp3) is 0.182. The maximum Gasteiger partial charge on any atom is 0.200 e. The van der Waals surface area contributed by atoms with Crippen molar-refractivity contribution >= 4 is 5.95 Å². The minimum absolute atomic E-state index is 0.283. The summed E-state index contributed by atoms with van der Waals surface area (Å²) in [5.41, 5.74) is 6.32. The predicted octanol–water partition coefficient (Wildman–Crippen LogP) is 1.72. The molecule has 1 heterocycles. The van der Waals surface area contributed by atoms with Crippen molar-refractivity contribution in [1.29, 1.82) is 0 Å². The highest BCUT2D eigenvalue weighted by Gasteiger charge is 2.02. The van der Waals surface area contributed by atoms with E-state index in [1.165, 1.54) is 12.1 Å². The lowest BCUT2D eigenvalue weighted by Gasteiger charge is -2.03. The van der Waals surface area contributed by atoms with Crippen LogP contribution in [0, 0.1) is 5.82 Å². The van der Waals surface area contributed by atoms with Gasteiger partial charge in [0.15, 0.2) is 5.95 Å². The van der Waals surface area contributed by atoms with Crippen LogP contribution in [0.5, 0.6) is 5.75 Å². The van der Waals surface area contributed by atoms with Crippen molar-refractivity contribution in [2.24, 2.45) is 7.05 Å². The molecule has 2 rings (SSSR count). The van der Waals surface area contributed by atoms with E-state index in [2.05, 4.69) is 4.98 Å². The summed E-state index contributed by atoms with van der Waals surface area (Å²) in [5.74, 6) is 0.762. The molecule has 84 valence electrons. The normalized spacial score (nSPS) is 10.4. The fourth-order valence-corrected chi connectivity index (χ4v) is 1.30. The molecule has 0 aliphatic rings. The van der Waals surface area contributed by atoms with Gasteiger partial charge in [0.25, 0.3) is 0 Å². The van der Waals surface area contributed by atoms with Crippen LogP contribution in [-0.4, -0.2) is 9.55 Å². The number of nitrogen functional groups attached to an aromatic ring is 1. The van der Waals surface area contributed by atoms with E-state index < -0.39 is 0 Å². The fourth-order valence-electron chi connectivity index (χ4n) is 1.30. The summed E-state index contributed by atoms with van der Waals surface area (Å²) in [4.78, 5) is 4.08. The largest absolute Gasteiger partial charge is 0.487 e. The van der Waals surface area contributed by atoms with Gasteiger partial charge in [-0.1, -0.05) is 0 Å². The first-order chi connectivity index (χ1) is 7.65. The Balaban J connectivity index is 1.99. The highest BCUT2D eigenvalue weighted by atomic mass is 19.1. The van der Waals surface area contributed by atoms with Crippen LogP contribution >= 0.6 is 0 Å². The molecular formula is C11H12FN3O. The Morgan fingerprint density at radius 3 is 2.62 bits per heavy atom. The number of aromatic nitrogens is 2. The Labute approximate surface area is 92.5 Å². The Kier molecular flexibility index (Phi) is 2.76. The first-order valence-electron chi connectivity index (χ1n) is 4.81. The van der Waals surface area contributed by atoms with Gasteiger partial charge in [-0.05, 0) is 24.3 Å². The van der Waals surface area contributed by atoms with Crippen LogP contribution in [0.25, 0.3) is 0 Å². The summed E-state index contributed by atoms with van der Waals surface area (Å²) in [5, 5.41) is 0. The lowest BCUT2D eigenvalue weighted by atomic mass is 10.3. The third-order valence-corrected chi connectivity index (χ3v) is 2.16. The summed E-state index contributed by atoms with van der Waals surface area (Å²) in [7, 11) is 1.81. The molecule has 1 aromatic carbocycles. The average Bonchev–Trinajstić information content (AvgIpc) is 2.58. The SMILES string of the molecule is Cn1cc(COc2ccc(F)cc2)nc1N. The molecule has 0 unspecified atom stereocenters. The second kappa shape index (κ2) is 4.22. The number of nitrogens with two attached hydrogens (primary N) is 1.